The molecule has 19 heavy (non-hydrogen) atoms. The maximum Gasteiger partial charge on any atom is 0.177 e. The smallest absolute Gasteiger partial charge is 0.177 e. The van der Waals surface area contributed by atoms with Crippen LogP contribution in [0.5, 0.6) is 5.75 Å². The zero-order valence-corrected chi connectivity index (χ0v) is 12.0. The van der Waals surface area contributed by atoms with E-state index in [2.05, 4.69) is 0 Å². The molecule has 1 aromatic heterocycles. The molecule has 0 atom stereocenters. The van der Waals surface area contributed by atoms with Gasteiger partial charge in [0, 0.05) is 17.3 Å². The Balaban J connectivity index is 2.28. The van der Waals surface area contributed by atoms with Crippen molar-refractivity contribution in [3.05, 3.63) is 28.5 Å². The summed E-state index contributed by atoms with van der Waals surface area (Å²) in [5.74, 6) is 1.57. The number of hydrogen-bond donors (Lipinski definition) is 1. The number of halogens is 1. The van der Waals surface area contributed by atoms with Crippen molar-refractivity contribution in [1.29, 1.82) is 0 Å². The van der Waals surface area contributed by atoms with Gasteiger partial charge >= 0.3 is 0 Å². The van der Waals surface area contributed by atoms with Crippen LogP contribution in [-0.4, -0.2) is 13.7 Å². The lowest BCUT2D eigenvalue weighted by Crippen LogP contribution is -2.41. The first-order chi connectivity index (χ1) is 9.11. The molecule has 1 fully saturated rings. The van der Waals surface area contributed by atoms with E-state index >= 15 is 0 Å². The standard InChI is InChI=1S/C15H18ClNO2/c1-9-6-10-13(16)11(15(8-17)4-3-5-15)7-12(18-2)14(10)19-9/h6-7H,3-5,8,17H2,1-2H3. The Bertz CT molecular complexity index is 623. The van der Waals surface area contributed by atoms with Crippen molar-refractivity contribution < 1.29 is 9.15 Å². The fourth-order valence-corrected chi connectivity index (χ4v) is 3.39. The first kappa shape index (κ1) is 12.8. The molecular weight excluding hydrogens is 262 g/mol. The quantitative estimate of drug-likeness (QED) is 0.930. The van der Waals surface area contributed by atoms with Gasteiger partial charge < -0.3 is 14.9 Å². The average Bonchev–Trinajstić information content (AvgIpc) is 2.73. The van der Waals surface area contributed by atoms with Crippen molar-refractivity contribution in [2.45, 2.75) is 31.6 Å². The van der Waals surface area contributed by atoms with Gasteiger partial charge in [0.05, 0.1) is 12.1 Å². The fourth-order valence-electron chi connectivity index (χ4n) is 2.99. The summed E-state index contributed by atoms with van der Waals surface area (Å²) in [4.78, 5) is 0. The Kier molecular flexibility index (Phi) is 2.99. The Hall–Kier alpha value is -1.19. The largest absolute Gasteiger partial charge is 0.493 e. The van der Waals surface area contributed by atoms with Gasteiger partial charge in [-0.25, -0.2) is 0 Å². The van der Waals surface area contributed by atoms with Crippen molar-refractivity contribution in [2.24, 2.45) is 5.73 Å². The predicted molar refractivity (Wildman–Crippen MR) is 77.1 cm³/mol. The van der Waals surface area contributed by atoms with Crippen molar-refractivity contribution >= 4 is 22.6 Å². The molecule has 0 aliphatic heterocycles. The van der Waals surface area contributed by atoms with Crippen LogP contribution in [0.4, 0.5) is 0 Å². The molecule has 2 N–H and O–H groups in total. The third kappa shape index (κ3) is 1.76. The van der Waals surface area contributed by atoms with Crippen LogP contribution in [0, 0.1) is 6.92 Å². The van der Waals surface area contributed by atoms with Crippen LogP contribution >= 0.6 is 11.6 Å². The van der Waals surface area contributed by atoms with E-state index in [4.69, 9.17) is 26.5 Å². The van der Waals surface area contributed by atoms with Gasteiger partial charge in [0.1, 0.15) is 5.76 Å². The number of fused-ring (bicyclic) bond motifs is 1. The summed E-state index contributed by atoms with van der Waals surface area (Å²) in [6.07, 6.45) is 3.39. The van der Waals surface area contributed by atoms with Crippen LogP contribution < -0.4 is 10.5 Å². The van der Waals surface area contributed by atoms with Crippen molar-refractivity contribution in [3.63, 3.8) is 0 Å². The molecular formula is C15H18ClNO2. The second kappa shape index (κ2) is 4.43. The van der Waals surface area contributed by atoms with Crippen molar-refractivity contribution in [2.75, 3.05) is 13.7 Å². The summed E-state index contributed by atoms with van der Waals surface area (Å²) in [7, 11) is 1.65. The number of benzene rings is 1. The maximum absolute atomic E-state index is 6.59. The molecule has 0 saturated heterocycles. The number of rotatable bonds is 3. The normalized spacial score (nSPS) is 17.5. The molecule has 3 nitrogen and oxygen atoms in total. The highest BCUT2D eigenvalue weighted by atomic mass is 35.5. The molecule has 102 valence electrons. The summed E-state index contributed by atoms with van der Waals surface area (Å²) in [6, 6.07) is 3.96. The third-order valence-corrected chi connectivity index (χ3v) is 4.73. The Labute approximate surface area is 117 Å². The number of hydrogen-bond acceptors (Lipinski definition) is 3. The van der Waals surface area contributed by atoms with E-state index < -0.39 is 0 Å². The van der Waals surface area contributed by atoms with Gasteiger partial charge in [0.15, 0.2) is 11.3 Å². The molecule has 1 aliphatic rings. The van der Waals surface area contributed by atoms with Crippen LogP contribution in [-0.2, 0) is 5.41 Å². The third-order valence-electron chi connectivity index (χ3n) is 4.32. The number of nitrogens with two attached hydrogens (primary N) is 1. The highest BCUT2D eigenvalue weighted by Gasteiger charge is 2.40. The highest BCUT2D eigenvalue weighted by Crippen LogP contribution is 2.49. The van der Waals surface area contributed by atoms with Crippen LogP contribution in [0.3, 0.4) is 0 Å². The number of ether oxygens (including phenoxy) is 1. The summed E-state index contributed by atoms with van der Waals surface area (Å²) in [5.41, 5.74) is 7.83. The van der Waals surface area contributed by atoms with Gasteiger partial charge in [-0.2, -0.15) is 0 Å². The summed E-state index contributed by atoms with van der Waals surface area (Å²) < 4.78 is 11.1. The van der Waals surface area contributed by atoms with E-state index in [1.54, 1.807) is 7.11 Å². The van der Waals surface area contributed by atoms with E-state index in [1.807, 2.05) is 19.1 Å². The Morgan fingerprint density at radius 2 is 2.16 bits per heavy atom. The molecule has 1 saturated carbocycles. The average molecular weight is 280 g/mol. The molecule has 1 aliphatic carbocycles. The van der Waals surface area contributed by atoms with Crippen molar-refractivity contribution in [1.82, 2.24) is 0 Å². The van der Waals surface area contributed by atoms with Crippen molar-refractivity contribution in [3.8, 4) is 5.75 Å². The molecule has 2 aromatic rings. The lowest BCUT2D eigenvalue weighted by molar-refractivity contribution is 0.252. The monoisotopic (exact) mass is 279 g/mol. The highest BCUT2D eigenvalue weighted by molar-refractivity contribution is 6.36. The molecule has 1 aromatic carbocycles. The van der Waals surface area contributed by atoms with E-state index in [9.17, 15) is 0 Å². The SMILES string of the molecule is COc1cc(C2(CN)CCC2)c(Cl)c2cc(C)oc12. The van der Waals surface area contributed by atoms with Gasteiger partial charge in [-0.05, 0) is 37.5 Å². The van der Waals surface area contributed by atoms with E-state index in [0.29, 0.717) is 6.54 Å². The first-order valence-electron chi connectivity index (χ1n) is 6.58. The molecule has 0 spiro atoms. The fraction of sp³-hybridized carbons (Fsp3) is 0.467. The minimum atomic E-state index is 0.0176. The minimum Gasteiger partial charge on any atom is -0.493 e. The molecule has 0 amide bonds. The molecule has 4 heteroatoms. The Morgan fingerprint density at radius 3 is 2.68 bits per heavy atom. The first-order valence-corrected chi connectivity index (χ1v) is 6.96. The van der Waals surface area contributed by atoms with Gasteiger partial charge in [-0.3, -0.25) is 0 Å². The van der Waals surface area contributed by atoms with Crippen LogP contribution in [0.1, 0.15) is 30.6 Å². The lowest BCUT2D eigenvalue weighted by atomic mass is 9.64. The summed E-state index contributed by atoms with van der Waals surface area (Å²) in [6.45, 7) is 2.54. The van der Waals surface area contributed by atoms with Crippen LogP contribution in [0.25, 0.3) is 11.0 Å². The van der Waals surface area contributed by atoms with Gasteiger partial charge in [0.2, 0.25) is 0 Å². The second-order valence-electron chi connectivity index (χ2n) is 5.38. The number of methoxy groups -OCH3 is 1. The van der Waals surface area contributed by atoms with E-state index in [-0.39, 0.29) is 5.41 Å². The Morgan fingerprint density at radius 1 is 1.42 bits per heavy atom. The molecule has 0 bridgehead atoms. The molecule has 0 radical (unpaired) electrons. The molecule has 1 heterocycles. The number of aryl methyl sites for hydroxylation is 1. The van der Waals surface area contributed by atoms with Gasteiger partial charge in [-0.15, -0.1) is 0 Å². The lowest BCUT2D eigenvalue weighted by Gasteiger charge is -2.42. The maximum atomic E-state index is 6.59. The van der Waals surface area contributed by atoms with E-state index in [1.165, 1.54) is 6.42 Å². The van der Waals surface area contributed by atoms with Crippen LogP contribution in [0.15, 0.2) is 16.5 Å². The minimum absolute atomic E-state index is 0.0176. The van der Waals surface area contributed by atoms with E-state index in [0.717, 1.165) is 45.9 Å². The predicted octanol–water partition coefficient (Wildman–Crippen LogP) is 3.78. The second-order valence-corrected chi connectivity index (χ2v) is 5.76. The van der Waals surface area contributed by atoms with Gasteiger partial charge in [-0.1, -0.05) is 18.0 Å². The van der Waals surface area contributed by atoms with Crippen LogP contribution in [0.2, 0.25) is 5.02 Å². The molecule has 0 unspecified atom stereocenters. The molecule has 3 rings (SSSR count). The van der Waals surface area contributed by atoms with Gasteiger partial charge in [0.25, 0.3) is 0 Å². The topological polar surface area (TPSA) is 48.4 Å². The zero-order chi connectivity index (χ0) is 13.6. The number of furan rings is 1. The zero-order valence-electron chi connectivity index (χ0n) is 11.3. The summed E-state index contributed by atoms with van der Waals surface area (Å²) in [5, 5.41) is 1.69. The summed E-state index contributed by atoms with van der Waals surface area (Å²) >= 11 is 6.59.